The van der Waals surface area contributed by atoms with Crippen molar-refractivity contribution < 1.29 is 28.9 Å². The van der Waals surface area contributed by atoms with Gasteiger partial charge in [0.2, 0.25) is 6.79 Å². The Kier molecular flexibility index (Phi) is 6.29. The van der Waals surface area contributed by atoms with Crippen LogP contribution in [-0.2, 0) is 9.59 Å². The number of ketones is 1. The van der Waals surface area contributed by atoms with Gasteiger partial charge in [-0.1, -0.05) is 6.07 Å². The lowest BCUT2D eigenvalue weighted by atomic mass is 9.95. The number of benzene rings is 2. The van der Waals surface area contributed by atoms with Crippen molar-refractivity contribution in [1.29, 1.82) is 0 Å². The average Bonchev–Trinajstić information content (AvgIpc) is 3.34. The van der Waals surface area contributed by atoms with Gasteiger partial charge < -0.3 is 29.1 Å². The molecule has 1 atom stereocenters. The molecule has 0 spiro atoms. The van der Waals surface area contributed by atoms with E-state index in [9.17, 15) is 14.7 Å². The largest absolute Gasteiger partial charge is 0.507 e. The minimum atomic E-state index is -0.744. The number of likely N-dealkylation sites (N-methyl/N-ethyl adjacent to an activating group) is 1. The highest BCUT2D eigenvalue weighted by molar-refractivity contribution is 6.46. The summed E-state index contributed by atoms with van der Waals surface area (Å²) in [5, 5.41) is 11.2. The molecule has 0 bridgehead atoms. The lowest BCUT2D eigenvalue weighted by Crippen LogP contribution is -2.35. The van der Waals surface area contributed by atoms with Crippen molar-refractivity contribution in [3.63, 3.8) is 0 Å². The summed E-state index contributed by atoms with van der Waals surface area (Å²) in [5.41, 5.74) is 1.15. The summed E-state index contributed by atoms with van der Waals surface area (Å²) < 4.78 is 16.6. The SMILES string of the molecule is CC(C)Oc1ccc(C(O)=C2C(=O)C(=O)N(CCN(C)C)C2c2ccc3c(c2)OCO3)cc1. The second-order valence-electron chi connectivity index (χ2n) is 8.60. The Morgan fingerprint density at radius 3 is 2.48 bits per heavy atom. The minimum Gasteiger partial charge on any atom is -0.507 e. The van der Waals surface area contributed by atoms with Crippen molar-refractivity contribution in [2.24, 2.45) is 0 Å². The number of fused-ring (bicyclic) bond motifs is 1. The van der Waals surface area contributed by atoms with Crippen LogP contribution in [0.1, 0.15) is 31.0 Å². The van der Waals surface area contributed by atoms with Crippen LogP contribution in [0.15, 0.2) is 48.0 Å². The summed E-state index contributed by atoms with van der Waals surface area (Å²) in [6.45, 7) is 4.86. The van der Waals surface area contributed by atoms with Gasteiger partial charge in [-0.3, -0.25) is 9.59 Å². The molecular weight excluding hydrogens is 424 g/mol. The molecule has 0 aliphatic carbocycles. The van der Waals surface area contributed by atoms with Gasteiger partial charge in [0.15, 0.2) is 11.5 Å². The number of nitrogens with zero attached hydrogens (tertiary/aromatic N) is 2. The number of ether oxygens (including phenoxy) is 3. The van der Waals surface area contributed by atoms with E-state index < -0.39 is 17.7 Å². The molecule has 1 N–H and O–H groups in total. The second-order valence-corrected chi connectivity index (χ2v) is 8.60. The van der Waals surface area contributed by atoms with E-state index in [0.717, 1.165) is 0 Å². The molecule has 174 valence electrons. The quantitative estimate of drug-likeness (QED) is 0.392. The van der Waals surface area contributed by atoms with E-state index in [4.69, 9.17) is 14.2 Å². The molecule has 2 aliphatic rings. The fourth-order valence-electron chi connectivity index (χ4n) is 3.97. The van der Waals surface area contributed by atoms with Crippen LogP contribution >= 0.6 is 0 Å². The first-order valence-corrected chi connectivity index (χ1v) is 10.9. The van der Waals surface area contributed by atoms with Gasteiger partial charge in [-0.15, -0.1) is 0 Å². The van der Waals surface area contributed by atoms with Crippen LogP contribution in [0, 0.1) is 0 Å². The van der Waals surface area contributed by atoms with Crippen molar-refractivity contribution in [3.05, 3.63) is 59.2 Å². The van der Waals surface area contributed by atoms with Crippen LogP contribution in [0.5, 0.6) is 17.2 Å². The van der Waals surface area contributed by atoms with E-state index in [1.165, 1.54) is 4.90 Å². The predicted molar refractivity (Wildman–Crippen MR) is 122 cm³/mol. The molecular formula is C25H28N2O6. The lowest BCUT2D eigenvalue weighted by Gasteiger charge is -2.26. The number of likely N-dealkylation sites (tertiary alicyclic amines) is 1. The monoisotopic (exact) mass is 452 g/mol. The number of aliphatic hydroxyl groups is 1. The maximum Gasteiger partial charge on any atom is 0.295 e. The van der Waals surface area contributed by atoms with E-state index in [-0.39, 0.29) is 24.2 Å². The second kappa shape index (κ2) is 9.15. The standard InChI is InChI=1S/C25H28N2O6/c1-15(2)33-18-8-5-16(6-9-18)23(28)21-22(17-7-10-19-20(13-17)32-14-31-19)27(12-11-26(3)4)25(30)24(21)29/h5-10,13,15,22,28H,11-12,14H2,1-4H3. The third-order valence-corrected chi connectivity index (χ3v) is 5.54. The predicted octanol–water partition coefficient (Wildman–Crippen LogP) is 3.19. The molecule has 1 amide bonds. The van der Waals surface area contributed by atoms with Crippen LogP contribution < -0.4 is 14.2 Å². The average molecular weight is 453 g/mol. The van der Waals surface area contributed by atoms with Crippen LogP contribution in [0.4, 0.5) is 0 Å². The number of aliphatic hydroxyl groups excluding tert-OH is 1. The summed E-state index contributed by atoms with van der Waals surface area (Å²) in [7, 11) is 3.79. The number of amides is 1. The summed E-state index contributed by atoms with van der Waals surface area (Å²) in [6.07, 6.45) is 0.0116. The number of rotatable bonds is 7. The Bertz CT molecular complexity index is 1090. The van der Waals surface area contributed by atoms with Crippen molar-refractivity contribution in [2.45, 2.75) is 26.0 Å². The highest BCUT2D eigenvalue weighted by Gasteiger charge is 2.46. The minimum absolute atomic E-state index is 0.0116. The van der Waals surface area contributed by atoms with E-state index in [2.05, 4.69) is 0 Å². The fourth-order valence-corrected chi connectivity index (χ4v) is 3.97. The zero-order chi connectivity index (χ0) is 23.7. The molecule has 0 radical (unpaired) electrons. The summed E-state index contributed by atoms with van der Waals surface area (Å²) in [5.74, 6) is 0.225. The summed E-state index contributed by atoms with van der Waals surface area (Å²) in [4.78, 5) is 29.5. The van der Waals surface area contributed by atoms with E-state index >= 15 is 0 Å². The summed E-state index contributed by atoms with van der Waals surface area (Å²) in [6, 6.07) is 11.4. The van der Waals surface area contributed by atoms with Gasteiger partial charge in [-0.25, -0.2) is 0 Å². The molecule has 8 heteroatoms. The molecule has 1 fully saturated rings. The first-order valence-electron chi connectivity index (χ1n) is 10.9. The third-order valence-electron chi connectivity index (χ3n) is 5.54. The highest BCUT2D eigenvalue weighted by Crippen LogP contribution is 2.43. The number of Topliss-reactive ketones (excluding diaryl/α,β-unsaturated/α-hetero) is 1. The molecule has 2 aromatic rings. The van der Waals surface area contributed by atoms with Crippen LogP contribution in [0.25, 0.3) is 5.76 Å². The number of hydrogen-bond acceptors (Lipinski definition) is 7. The molecule has 4 rings (SSSR count). The Morgan fingerprint density at radius 1 is 1.12 bits per heavy atom. The van der Waals surface area contributed by atoms with Crippen LogP contribution in [0.3, 0.4) is 0 Å². The molecule has 33 heavy (non-hydrogen) atoms. The van der Waals surface area contributed by atoms with Crippen molar-refractivity contribution in [2.75, 3.05) is 34.0 Å². The maximum absolute atomic E-state index is 13.1. The molecule has 2 aliphatic heterocycles. The fraction of sp³-hybridized carbons (Fsp3) is 0.360. The topological polar surface area (TPSA) is 88.5 Å². The molecule has 8 nitrogen and oxygen atoms in total. The van der Waals surface area contributed by atoms with Crippen LogP contribution in [0.2, 0.25) is 0 Å². The maximum atomic E-state index is 13.1. The zero-order valence-electron chi connectivity index (χ0n) is 19.2. The molecule has 1 unspecified atom stereocenters. The molecule has 0 aromatic heterocycles. The highest BCUT2D eigenvalue weighted by atomic mass is 16.7. The van der Waals surface area contributed by atoms with Gasteiger partial charge in [0.1, 0.15) is 11.5 Å². The van der Waals surface area contributed by atoms with Crippen molar-refractivity contribution in [3.8, 4) is 17.2 Å². The van der Waals surface area contributed by atoms with E-state index in [1.807, 2.05) is 32.8 Å². The van der Waals surface area contributed by atoms with Gasteiger partial charge in [0, 0.05) is 18.7 Å². The normalized spacial score (nSPS) is 19.1. The lowest BCUT2D eigenvalue weighted by molar-refractivity contribution is -0.140. The van der Waals surface area contributed by atoms with Gasteiger partial charge in [-0.2, -0.15) is 0 Å². The first kappa shape index (κ1) is 22.7. The van der Waals surface area contributed by atoms with Gasteiger partial charge >= 0.3 is 0 Å². The Hall–Kier alpha value is -3.52. The van der Waals surface area contributed by atoms with Gasteiger partial charge in [-0.05, 0) is 69.9 Å². The number of carbonyl (C=O) groups is 2. The number of hydrogen-bond donors (Lipinski definition) is 1. The Balaban J connectivity index is 1.78. The third kappa shape index (κ3) is 4.52. The Morgan fingerprint density at radius 2 is 1.82 bits per heavy atom. The number of carbonyl (C=O) groups excluding carboxylic acids is 2. The van der Waals surface area contributed by atoms with Crippen molar-refractivity contribution in [1.82, 2.24) is 9.80 Å². The van der Waals surface area contributed by atoms with E-state index in [1.54, 1.807) is 42.5 Å². The molecule has 2 aromatic carbocycles. The zero-order valence-corrected chi connectivity index (χ0v) is 19.2. The van der Waals surface area contributed by atoms with Gasteiger partial charge in [0.25, 0.3) is 11.7 Å². The van der Waals surface area contributed by atoms with Gasteiger partial charge in [0.05, 0.1) is 17.7 Å². The Labute approximate surface area is 193 Å². The molecule has 2 heterocycles. The van der Waals surface area contributed by atoms with E-state index in [0.29, 0.717) is 41.5 Å². The van der Waals surface area contributed by atoms with Crippen LogP contribution in [-0.4, -0.2) is 66.7 Å². The molecule has 0 saturated carbocycles. The molecule has 1 saturated heterocycles. The first-order chi connectivity index (χ1) is 15.8. The summed E-state index contributed by atoms with van der Waals surface area (Å²) >= 11 is 0. The van der Waals surface area contributed by atoms with Crippen molar-refractivity contribution >= 4 is 17.4 Å². The smallest absolute Gasteiger partial charge is 0.295 e.